The molecule has 0 fully saturated rings. The van der Waals surface area contributed by atoms with E-state index in [1.54, 1.807) is 0 Å². The number of hydrogen-bond donors (Lipinski definition) is 0. The summed E-state index contributed by atoms with van der Waals surface area (Å²) in [5.74, 6) is 1.83. The second kappa shape index (κ2) is 12.4. The summed E-state index contributed by atoms with van der Waals surface area (Å²) in [6, 6.07) is 66.3. The third-order valence-electron chi connectivity index (χ3n) is 11.5. The van der Waals surface area contributed by atoms with Crippen LogP contribution >= 0.6 is 0 Å². The molecular weight excluding hydrogens is 695 g/mol. The van der Waals surface area contributed by atoms with Gasteiger partial charge >= 0.3 is 0 Å². The van der Waals surface area contributed by atoms with Crippen LogP contribution in [-0.4, -0.2) is 15.0 Å². The lowest BCUT2D eigenvalue weighted by molar-refractivity contribution is 0.670. The van der Waals surface area contributed by atoms with Gasteiger partial charge in [-0.2, -0.15) is 0 Å². The molecule has 2 aromatic heterocycles. The van der Waals surface area contributed by atoms with Gasteiger partial charge < -0.3 is 4.42 Å². The molecule has 12 rings (SSSR count). The molecule has 0 aliphatic rings. The Hall–Kier alpha value is -7.69. The molecule has 12 aromatic rings. The molecule has 0 radical (unpaired) electrons. The van der Waals surface area contributed by atoms with Crippen LogP contribution in [0.3, 0.4) is 0 Å². The third kappa shape index (κ3) is 4.98. The fourth-order valence-electron chi connectivity index (χ4n) is 8.81. The van der Waals surface area contributed by atoms with Crippen molar-refractivity contribution in [1.82, 2.24) is 15.0 Å². The first-order chi connectivity index (χ1) is 28.2. The molecule has 4 nitrogen and oxygen atoms in total. The topological polar surface area (TPSA) is 51.8 Å². The first kappa shape index (κ1) is 31.6. The number of benzene rings is 10. The van der Waals surface area contributed by atoms with Gasteiger partial charge in [0.2, 0.25) is 0 Å². The van der Waals surface area contributed by atoms with Gasteiger partial charge in [-0.25, -0.2) is 15.0 Å². The Bertz CT molecular complexity index is 3560. The van der Waals surface area contributed by atoms with Gasteiger partial charge in [0.05, 0.1) is 0 Å². The zero-order valence-electron chi connectivity index (χ0n) is 30.6. The van der Waals surface area contributed by atoms with Crippen LogP contribution in [0.25, 0.3) is 121 Å². The van der Waals surface area contributed by atoms with Crippen LogP contribution in [0.15, 0.2) is 192 Å². The van der Waals surface area contributed by atoms with E-state index in [0.29, 0.717) is 17.5 Å². The first-order valence-electron chi connectivity index (χ1n) is 19.3. The van der Waals surface area contributed by atoms with Gasteiger partial charge in [-0.1, -0.05) is 158 Å². The number of rotatable bonds is 4. The lowest BCUT2D eigenvalue weighted by atomic mass is 9.91. The van der Waals surface area contributed by atoms with E-state index >= 15 is 0 Å². The molecule has 0 aliphatic heterocycles. The van der Waals surface area contributed by atoms with Crippen LogP contribution in [-0.2, 0) is 0 Å². The molecule has 0 saturated carbocycles. The van der Waals surface area contributed by atoms with Crippen molar-refractivity contribution >= 4 is 75.8 Å². The van der Waals surface area contributed by atoms with Crippen molar-refractivity contribution < 1.29 is 4.42 Å². The molecule has 0 bridgehead atoms. The predicted molar refractivity (Wildman–Crippen MR) is 236 cm³/mol. The fraction of sp³-hybridized carbons (Fsp3) is 0. The van der Waals surface area contributed by atoms with E-state index in [-0.39, 0.29) is 0 Å². The maximum absolute atomic E-state index is 6.83. The Labute approximate surface area is 327 Å². The van der Waals surface area contributed by atoms with Crippen LogP contribution in [0.1, 0.15) is 0 Å². The fourth-order valence-corrected chi connectivity index (χ4v) is 8.81. The van der Waals surface area contributed by atoms with Crippen molar-refractivity contribution in [3.8, 4) is 45.3 Å². The van der Waals surface area contributed by atoms with Crippen molar-refractivity contribution in [2.75, 3.05) is 0 Å². The molecule has 0 aliphatic carbocycles. The molecular formula is C53H31N3O. The molecule has 2 heterocycles. The van der Waals surface area contributed by atoms with Crippen LogP contribution in [0, 0.1) is 0 Å². The summed E-state index contributed by atoms with van der Waals surface area (Å²) >= 11 is 0. The SMILES string of the molecule is c1ccc2cc(-c3nc(-c4cccc5ccccc45)nc(-c4ccc(-c5ccc6c7ccccc7c7ccccc7c6c5)c5oc6ccccc6c45)n3)ccc2c1. The summed E-state index contributed by atoms with van der Waals surface area (Å²) in [7, 11) is 0. The van der Waals surface area contributed by atoms with Gasteiger partial charge in [-0.15, -0.1) is 0 Å². The number of aromatic nitrogens is 3. The third-order valence-corrected chi connectivity index (χ3v) is 11.5. The Morgan fingerprint density at radius 2 is 0.842 bits per heavy atom. The Balaban J connectivity index is 1.12. The molecule has 0 spiro atoms. The average molecular weight is 726 g/mol. The predicted octanol–water partition coefficient (Wildman–Crippen LogP) is 14.2. The van der Waals surface area contributed by atoms with E-state index in [2.05, 4.69) is 176 Å². The van der Waals surface area contributed by atoms with Crippen LogP contribution in [0.5, 0.6) is 0 Å². The van der Waals surface area contributed by atoms with Crippen molar-refractivity contribution in [3.63, 3.8) is 0 Å². The summed E-state index contributed by atoms with van der Waals surface area (Å²) in [6.45, 7) is 0. The van der Waals surface area contributed by atoms with Crippen LogP contribution in [0.4, 0.5) is 0 Å². The van der Waals surface area contributed by atoms with Crippen molar-refractivity contribution in [3.05, 3.63) is 188 Å². The summed E-state index contributed by atoms with van der Waals surface area (Å²) in [6.07, 6.45) is 0. The molecule has 0 amide bonds. The minimum atomic E-state index is 0.593. The smallest absolute Gasteiger partial charge is 0.164 e. The highest BCUT2D eigenvalue weighted by atomic mass is 16.3. The quantitative estimate of drug-likeness (QED) is 0.170. The van der Waals surface area contributed by atoms with Gasteiger partial charge in [0, 0.05) is 33.0 Å². The standard InChI is InChI=1S/C53H31N3O/c1-2-14-34-30-36(25-24-32(34)12-1)51-54-52(44-22-11-15-33-13-3-4-16-37(33)44)56-53(55-51)46-29-28-38(50-49(46)45-21-9-10-23-48(45)57-50)35-26-27-43-41-19-6-5-17-39(41)40-18-7-8-20-42(40)47(43)31-35/h1-31H. The number of para-hydroxylation sites is 1. The maximum Gasteiger partial charge on any atom is 0.164 e. The maximum atomic E-state index is 6.83. The molecule has 264 valence electrons. The van der Waals surface area contributed by atoms with Crippen molar-refractivity contribution in [2.45, 2.75) is 0 Å². The molecule has 0 N–H and O–H groups in total. The van der Waals surface area contributed by atoms with E-state index in [1.165, 1.54) is 37.7 Å². The second-order valence-corrected chi connectivity index (χ2v) is 14.7. The summed E-state index contributed by atoms with van der Waals surface area (Å²) in [5, 5.41) is 14.0. The van der Waals surface area contributed by atoms with E-state index < -0.39 is 0 Å². The number of hydrogen-bond acceptors (Lipinski definition) is 4. The lowest BCUT2D eigenvalue weighted by Gasteiger charge is -2.13. The van der Waals surface area contributed by atoms with E-state index in [4.69, 9.17) is 19.4 Å². The van der Waals surface area contributed by atoms with Gasteiger partial charge in [0.25, 0.3) is 0 Å². The van der Waals surface area contributed by atoms with Gasteiger partial charge in [0.1, 0.15) is 11.2 Å². The van der Waals surface area contributed by atoms with E-state index in [9.17, 15) is 0 Å². The normalized spacial score (nSPS) is 11.9. The van der Waals surface area contributed by atoms with Gasteiger partial charge in [-0.05, 0) is 89.8 Å². The minimum absolute atomic E-state index is 0.593. The zero-order valence-corrected chi connectivity index (χ0v) is 30.6. The van der Waals surface area contributed by atoms with Gasteiger partial charge in [-0.3, -0.25) is 0 Å². The molecule has 0 atom stereocenters. The highest BCUT2D eigenvalue weighted by molar-refractivity contribution is 6.26. The highest BCUT2D eigenvalue weighted by Crippen LogP contribution is 2.44. The number of nitrogens with zero attached hydrogens (tertiary/aromatic N) is 3. The zero-order chi connectivity index (χ0) is 37.5. The molecule has 4 heteroatoms. The summed E-state index contributed by atoms with van der Waals surface area (Å²) < 4.78 is 6.83. The summed E-state index contributed by atoms with van der Waals surface area (Å²) in [5.41, 5.74) is 6.50. The summed E-state index contributed by atoms with van der Waals surface area (Å²) in [4.78, 5) is 15.7. The van der Waals surface area contributed by atoms with Crippen LogP contribution < -0.4 is 0 Å². The van der Waals surface area contributed by atoms with Crippen molar-refractivity contribution in [1.29, 1.82) is 0 Å². The molecule has 57 heavy (non-hydrogen) atoms. The monoisotopic (exact) mass is 725 g/mol. The molecule has 0 saturated heterocycles. The lowest BCUT2D eigenvalue weighted by Crippen LogP contribution is -2.01. The van der Waals surface area contributed by atoms with Crippen molar-refractivity contribution in [2.24, 2.45) is 0 Å². The van der Waals surface area contributed by atoms with Crippen LogP contribution in [0.2, 0.25) is 0 Å². The largest absolute Gasteiger partial charge is 0.455 e. The molecule has 10 aromatic carbocycles. The first-order valence-corrected chi connectivity index (χ1v) is 19.3. The highest BCUT2D eigenvalue weighted by Gasteiger charge is 2.22. The Morgan fingerprint density at radius 1 is 0.298 bits per heavy atom. The van der Waals surface area contributed by atoms with E-state index in [0.717, 1.165) is 65.9 Å². The van der Waals surface area contributed by atoms with Gasteiger partial charge in [0.15, 0.2) is 17.5 Å². The Kier molecular flexibility index (Phi) is 6.89. The number of furan rings is 1. The second-order valence-electron chi connectivity index (χ2n) is 14.7. The Morgan fingerprint density at radius 3 is 1.61 bits per heavy atom. The minimum Gasteiger partial charge on any atom is -0.455 e. The van der Waals surface area contributed by atoms with E-state index in [1.807, 2.05) is 12.1 Å². The molecule has 0 unspecified atom stereocenters. The number of fused-ring (bicyclic) bond motifs is 11. The average Bonchev–Trinajstić information content (AvgIpc) is 3.68.